The number of esters is 1. The maximum absolute atomic E-state index is 11.8. The average Bonchev–Trinajstić information content (AvgIpc) is 2.60. The van der Waals surface area contributed by atoms with Crippen LogP contribution in [0.5, 0.6) is 17.2 Å². The molecule has 24 heavy (non-hydrogen) atoms. The number of rotatable bonds is 8. The van der Waals surface area contributed by atoms with Gasteiger partial charge in [-0.15, -0.1) is 0 Å². The quantitative estimate of drug-likeness (QED) is 0.388. The van der Waals surface area contributed by atoms with Crippen LogP contribution in [0.2, 0.25) is 0 Å². The summed E-state index contributed by atoms with van der Waals surface area (Å²) < 4.78 is 10.5. The van der Waals surface area contributed by atoms with E-state index in [1.54, 1.807) is 6.07 Å². The van der Waals surface area contributed by atoms with E-state index in [9.17, 15) is 15.0 Å². The number of benzene rings is 2. The molecule has 4 N–H and O–H groups in total. The number of hydrogen-bond donors (Lipinski definition) is 3. The second-order valence-corrected chi connectivity index (χ2v) is 5.30. The Kier molecular flexibility index (Phi) is 6.45. The molecule has 0 fully saturated rings. The molecule has 0 aliphatic heterocycles. The number of aryl methyl sites for hydroxylation is 1. The van der Waals surface area contributed by atoms with Crippen molar-refractivity contribution < 1.29 is 24.5 Å². The predicted octanol–water partition coefficient (Wildman–Crippen LogP) is 1.98. The number of para-hydroxylation sites is 1. The Bertz CT molecular complexity index is 660. The molecule has 0 heterocycles. The highest BCUT2D eigenvalue weighted by Crippen LogP contribution is 2.25. The largest absolute Gasteiger partial charge is 0.504 e. The smallest absolute Gasteiger partial charge is 0.323 e. The summed E-state index contributed by atoms with van der Waals surface area (Å²) in [6.07, 6.45) is 0.868. The van der Waals surface area contributed by atoms with E-state index in [4.69, 9.17) is 15.2 Å². The zero-order valence-corrected chi connectivity index (χ0v) is 13.2. The Balaban J connectivity index is 1.67. The van der Waals surface area contributed by atoms with Crippen LogP contribution in [0.1, 0.15) is 12.0 Å². The zero-order valence-electron chi connectivity index (χ0n) is 13.2. The van der Waals surface area contributed by atoms with E-state index >= 15 is 0 Å². The summed E-state index contributed by atoms with van der Waals surface area (Å²) in [5.41, 5.74) is 6.58. The lowest BCUT2D eigenvalue weighted by atomic mass is 10.1. The van der Waals surface area contributed by atoms with Crippen molar-refractivity contribution in [3.05, 3.63) is 54.1 Å². The molecule has 2 aromatic rings. The van der Waals surface area contributed by atoms with Crippen molar-refractivity contribution in [3.63, 3.8) is 0 Å². The SMILES string of the molecule is N[C@@H](CCc1ccc(O)c(O)c1)C(=O)OCCOc1ccccc1. The van der Waals surface area contributed by atoms with Crippen LogP contribution >= 0.6 is 0 Å². The number of nitrogens with two attached hydrogens (primary N) is 1. The molecule has 0 unspecified atom stereocenters. The third kappa shape index (κ3) is 5.48. The normalized spacial score (nSPS) is 11.7. The van der Waals surface area contributed by atoms with Gasteiger partial charge >= 0.3 is 5.97 Å². The van der Waals surface area contributed by atoms with Crippen LogP contribution in [0, 0.1) is 0 Å². The van der Waals surface area contributed by atoms with Gasteiger partial charge in [-0.05, 0) is 42.7 Å². The minimum Gasteiger partial charge on any atom is -0.504 e. The number of carbonyl (C=O) groups excluding carboxylic acids is 1. The number of hydrogen-bond acceptors (Lipinski definition) is 6. The topological polar surface area (TPSA) is 102 Å². The van der Waals surface area contributed by atoms with Gasteiger partial charge in [-0.25, -0.2) is 0 Å². The van der Waals surface area contributed by atoms with Gasteiger partial charge in [-0.1, -0.05) is 24.3 Å². The molecule has 0 saturated carbocycles. The van der Waals surface area contributed by atoms with Gasteiger partial charge in [0, 0.05) is 0 Å². The Morgan fingerprint density at radius 2 is 1.79 bits per heavy atom. The van der Waals surface area contributed by atoms with Crippen LogP contribution in [0.15, 0.2) is 48.5 Å². The van der Waals surface area contributed by atoms with E-state index in [2.05, 4.69) is 0 Å². The van der Waals surface area contributed by atoms with Crippen LogP contribution in [-0.2, 0) is 16.0 Å². The highest BCUT2D eigenvalue weighted by Gasteiger charge is 2.15. The van der Waals surface area contributed by atoms with Crippen LogP contribution in [0.4, 0.5) is 0 Å². The number of carbonyl (C=O) groups is 1. The van der Waals surface area contributed by atoms with Crippen molar-refractivity contribution in [2.24, 2.45) is 5.73 Å². The summed E-state index contributed by atoms with van der Waals surface area (Å²) in [5.74, 6) is -0.151. The number of phenolic OH excluding ortho intramolecular Hbond substituents is 2. The first kappa shape index (κ1) is 17.6. The lowest BCUT2D eigenvalue weighted by molar-refractivity contribution is -0.146. The van der Waals surface area contributed by atoms with Crippen molar-refractivity contribution >= 4 is 5.97 Å². The van der Waals surface area contributed by atoms with E-state index in [-0.39, 0.29) is 24.7 Å². The summed E-state index contributed by atoms with van der Waals surface area (Å²) in [7, 11) is 0. The molecule has 0 aliphatic carbocycles. The minimum absolute atomic E-state index is 0.126. The molecule has 1 atom stereocenters. The van der Waals surface area contributed by atoms with E-state index in [0.29, 0.717) is 18.6 Å². The molecule has 0 aliphatic rings. The Hall–Kier alpha value is -2.73. The lowest BCUT2D eigenvalue weighted by Gasteiger charge is -2.12. The van der Waals surface area contributed by atoms with Gasteiger partial charge in [0.15, 0.2) is 11.5 Å². The average molecular weight is 331 g/mol. The molecule has 0 aromatic heterocycles. The van der Waals surface area contributed by atoms with Gasteiger partial charge < -0.3 is 25.4 Å². The van der Waals surface area contributed by atoms with Crippen LogP contribution < -0.4 is 10.5 Å². The van der Waals surface area contributed by atoms with Crippen molar-refractivity contribution in [1.82, 2.24) is 0 Å². The highest BCUT2D eigenvalue weighted by molar-refractivity contribution is 5.75. The molecule has 2 aromatic carbocycles. The molecule has 0 amide bonds. The fourth-order valence-electron chi connectivity index (χ4n) is 2.09. The van der Waals surface area contributed by atoms with Gasteiger partial charge in [0.2, 0.25) is 0 Å². The molecule has 0 saturated heterocycles. The van der Waals surface area contributed by atoms with Crippen LogP contribution in [0.3, 0.4) is 0 Å². The summed E-state index contributed by atoms with van der Waals surface area (Å²) in [5, 5.41) is 18.7. The molecule has 128 valence electrons. The fourth-order valence-corrected chi connectivity index (χ4v) is 2.09. The first-order chi connectivity index (χ1) is 11.6. The predicted molar refractivity (Wildman–Crippen MR) is 89.0 cm³/mol. The number of phenols is 2. The summed E-state index contributed by atoms with van der Waals surface area (Å²) in [6, 6.07) is 13.0. The molecule has 0 bridgehead atoms. The van der Waals surface area contributed by atoms with Crippen LogP contribution in [-0.4, -0.2) is 35.4 Å². The first-order valence-corrected chi connectivity index (χ1v) is 7.67. The van der Waals surface area contributed by atoms with E-state index < -0.39 is 12.0 Å². The van der Waals surface area contributed by atoms with Gasteiger partial charge in [0.1, 0.15) is 25.0 Å². The standard InChI is InChI=1S/C18H21NO5/c19-15(8-6-13-7-9-16(20)17(21)12-13)18(22)24-11-10-23-14-4-2-1-3-5-14/h1-5,7,9,12,15,20-21H,6,8,10-11,19H2/t15-/m0/s1. The molecule has 6 nitrogen and oxygen atoms in total. The molecular weight excluding hydrogens is 310 g/mol. The summed E-state index contributed by atoms with van der Waals surface area (Å²) in [6.45, 7) is 0.385. The van der Waals surface area contributed by atoms with E-state index in [1.807, 2.05) is 30.3 Å². The maximum Gasteiger partial charge on any atom is 0.323 e. The minimum atomic E-state index is -0.752. The monoisotopic (exact) mass is 331 g/mol. The Morgan fingerprint density at radius 1 is 1.04 bits per heavy atom. The van der Waals surface area contributed by atoms with E-state index in [1.165, 1.54) is 12.1 Å². The van der Waals surface area contributed by atoms with Gasteiger partial charge in [0.25, 0.3) is 0 Å². The number of ether oxygens (including phenoxy) is 2. The van der Waals surface area contributed by atoms with Gasteiger partial charge in [0.05, 0.1) is 0 Å². The number of aromatic hydroxyl groups is 2. The first-order valence-electron chi connectivity index (χ1n) is 7.67. The van der Waals surface area contributed by atoms with E-state index in [0.717, 1.165) is 5.56 Å². The Morgan fingerprint density at radius 3 is 2.50 bits per heavy atom. The molecule has 2 rings (SSSR count). The lowest BCUT2D eigenvalue weighted by Crippen LogP contribution is -2.33. The zero-order chi connectivity index (χ0) is 17.4. The second-order valence-electron chi connectivity index (χ2n) is 5.30. The van der Waals surface area contributed by atoms with Gasteiger partial charge in [-0.2, -0.15) is 0 Å². The van der Waals surface area contributed by atoms with Crippen molar-refractivity contribution in [3.8, 4) is 17.2 Å². The maximum atomic E-state index is 11.8. The molecule has 6 heteroatoms. The third-order valence-electron chi connectivity index (χ3n) is 3.43. The molecule has 0 spiro atoms. The fraction of sp³-hybridized carbons (Fsp3) is 0.278. The highest BCUT2D eigenvalue weighted by atomic mass is 16.6. The molecule has 0 radical (unpaired) electrons. The van der Waals surface area contributed by atoms with Gasteiger partial charge in [-0.3, -0.25) is 4.79 Å². The third-order valence-corrected chi connectivity index (χ3v) is 3.43. The summed E-state index contributed by atoms with van der Waals surface area (Å²) >= 11 is 0. The van der Waals surface area contributed by atoms with Crippen LogP contribution in [0.25, 0.3) is 0 Å². The summed E-state index contributed by atoms with van der Waals surface area (Å²) in [4.78, 5) is 11.8. The van der Waals surface area contributed by atoms with Crippen molar-refractivity contribution in [2.45, 2.75) is 18.9 Å². The van der Waals surface area contributed by atoms with Crippen molar-refractivity contribution in [2.75, 3.05) is 13.2 Å². The second kappa shape index (κ2) is 8.79. The van der Waals surface area contributed by atoms with Crippen molar-refractivity contribution in [1.29, 1.82) is 0 Å². The Labute approximate surface area is 140 Å². The molecular formula is C18H21NO5.